The maximum atomic E-state index is 6.50. The van der Waals surface area contributed by atoms with Gasteiger partial charge in [-0.1, -0.05) is 103 Å². The number of furan rings is 1. The SMILES string of the molecule is c1ccc(-c2nc(-c3ccccc3)nc(-c3cc(-c4cccc(-c5cccnc5)c4)cc4c3oc3ccccc34)n2)cc1. The van der Waals surface area contributed by atoms with E-state index in [9.17, 15) is 0 Å². The molecule has 3 aromatic heterocycles. The first kappa shape index (κ1) is 24.8. The van der Waals surface area contributed by atoms with Gasteiger partial charge in [-0.25, -0.2) is 15.0 Å². The molecule has 5 aromatic carbocycles. The Bertz CT molecular complexity index is 2170. The van der Waals surface area contributed by atoms with E-state index in [0.717, 1.165) is 60.9 Å². The lowest BCUT2D eigenvalue weighted by Crippen LogP contribution is -2.00. The van der Waals surface area contributed by atoms with Crippen molar-refractivity contribution in [2.24, 2.45) is 0 Å². The van der Waals surface area contributed by atoms with Gasteiger partial charge in [0, 0.05) is 39.9 Å². The second-order valence-corrected chi connectivity index (χ2v) is 10.4. The van der Waals surface area contributed by atoms with Crippen LogP contribution in [0.4, 0.5) is 0 Å². The standard InChI is InChI=1S/C38H24N4O/c1-3-11-25(12-4-1)36-40-37(26-13-5-2-6-14-26)42-38(41-36)33-23-30(22-32-31-18-7-8-19-34(31)43-35(32)33)28-16-9-15-27(21-28)29-17-10-20-39-24-29/h1-24H. The highest BCUT2D eigenvalue weighted by Gasteiger charge is 2.19. The van der Waals surface area contributed by atoms with Gasteiger partial charge in [0.2, 0.25) is 0 Å². The number of fused-ring (bicyclic) bond motifs is 3. The molecule has 0 saturated heterocycles. The fourth-order valence-electron chi connectivity index (χ4n) is 5.50. The molecule has 43 heavy (non-hydrogen) atoms. The highest BCUT2D eigenvalue weighted by molar-refractivity contribution is 6.11. The summed E-state index contributed by atoms with van der Waals surface area (Å²) in [6.07, 6.45) is 3.68. The van der Waals surface area contributed by atoms with Crippen molar-refractivity contribution in [2.75, 3.05) is 0 Å². The summed E-state index contributed by atoms with van der Waals surface area (Å²) in [5.74, 6) is 1.78. The molecule has 8 aromatic rings. The summed E-state index contributed by atoms with van der Waals surface area (Å²) in [6.45, 7) is 0. The van der Waals surface area contributed by atoms with E-state index in [0.29, 0.717) is 17.5 Å². The fraction of sp³-hybridized carbons (Fsp3) is 0. The smallest absolute Gasteiger partial charge is 0.167 e. The second kappa shape index (κ2) is 10.5. The summed E-state index contributed by atoms with van der Waals surface area (Å²) in [6, 6.07) is 45.0. The van der Waals surface area contributed by atoms with Gasteiger partial charge in [-0.15, -0.1) is 0 Å². The summed E-state index contributed by atoms with van der Waals surface area (Å²) >= 11 is 0. The molecule has 0 N–H and O–H groups in total. The summed E-state index contributed by atoms with van der Waals surface area (Å²) < 4.78 is 6.50. The molecule has 8 rings (SSSR count). The predicted molar refractivity (Wildman–Crippen MR) is 172 cm³/mol. The molecule has 0 unspecified atom stereocenters. The van der Waals surface area contributed by atoms with E-state index in [1.807, 2.05) is 91.1 Å². The van der Waals surface area contributed by atoms with Gasteiger partial charge in [0.25, 0.3) is 0 Å². The summed E-state index contributed by atoms with van der Waals surface area (Å²) in [5, 5.41) is 2.06. The average Bonchev–Trinajstić information content (AvgIpc) is 3.48. The van der Waals surface area contributed by atoms with Crippen molar-refractivity contribution in [3.05, 3.63) is 146 Å². The molecule has 0 bridgehead atoms. The van der Waals surface area contributed by atoms with E-state index in [2.05, 4.69) is 53.5 Å². The van der Waals surface area contributed by atoms with Crippen LogP contribution in [0.5, 0.6) is 0 Å². The molecule has 0 aliphatic rings. The minimum absolute atomic E-state index is 0.557. The predicted octanol–water partition coefficient (Wildman–Crippen LogP) is 9.50. The summed E-state index contributed by atoms with van der Waals surface area (Å²) in [5.41, 5.74) is 8.51. The number of hydrogen-bond acceptors (Lipinski definition) is 5. The molecule has 0 amide bonds. The van der Waals surface area contributed by atoms with Crippen molar-refractivity contribution in [1.82, 2.24) is 19.9 Å². The lowest BCUT2D eigenvalue weighted by atomic mass is 9.96. The second-order valence-electron chi connectivity index (χ2n) is 10.4. The summed E-state index contributed by atoms with van der Waals surface area (Å²) in [7, 11) is 0. The Balaban J connectivity index is 1.40. The van der Waals surface area contributed by atoms with E-state index >= 15 is 0 Å². The number of pyridine rings is 1. The first-order valence-corrected chi connectivity index (χ1v) is 14.1. The molecule has 0 atom stereocenters. The minimum Gasteiger partial charge on any atom is -0.455 e. The van der Waals surface area contributed by atoms with Crippen molar-refractivity contribution >= 4 is 21.9 Å². The highest BCUT2D eigenvalue weighted by Crippen LogP contribution is 2.40. The third kappa shape index (κ3) is 4.63. The molecule has 0 saturated carbocycles. The lowest BCUT2D eigenvalue weighted by molar-refractivity contribution is 0.669. The van der Waals surface area contributed by atoms with Gasteiger partial charge < -0.3 is 4.42 Å². The fourth-order valence-corrected chi connectivity index (χ4v) is 5.50. The quantitative estimate of drug-likeness (QED) is 0.213. The zero-order chi connectivity index (χ0) is 28.6. The third-order valence-corrected chi connectivity index (χ3v) is 7.61. The van der Waals surface area contributed by atoms with E-state index in [4.69, 9.17) is 19.4 Å². The van der Waals surface area contributed by atoms with Crippen LogP contribution in [0.1, 0.15) is 0 Å². The van der Waals surface area contributed by atoms with Gasteiger partial charge in [-0.3, -0.25) is 4.98 Å². The van der Waals surface area contributed by atoms with Crippen LogP contribution in [0.25, 0.3) is 78.4 Å². The van der Waals surface area contributed by atoms with Crippen LogP contribution in [0, 0.1) is 0 Å². The zero-order valence-corrected chi connectivity index (χ0v) is 23.1. The molecule has 0 radical (unpaired) electrons. The molecule has 5 nitrogen and oxygen atoms in total. The number of para-hydroxylation sites is 1. The van der Waals surface area contributed by atoms with Gasteiger partial charge >= 0.3 is 0 Å². The zero-order valence-electron chi connectivity index (χ0n) is 23.1. The van der Waals surface area contributed by atoms with Crippen LogP contribution in [-0.4, -0.2) is 19.9 Å². The van der Waals surface area contributed by atoms with E-state index in [-0.39, 0.29) is 0 Å². The van der Waals surface area contributed by atoms with Crippen LogP contribution in [-0.2, 0) is 0 Å². The molecule has 202 valence electrons. The molecule has 0 fully saturated rings. The van der Waals surface area contributed by atoms with Crippen LogP contribution in [0.15, 0.2) is 150 Å². The minimum atomic E-state index is 0.557. The molecular formula is C38H24N4O. The first-order chi connectivity index (χ1) is 21.3. The molecular weight excluding hydrogens is 528 g/mol. The van der Waals surface area contributed by atoms with Crippen molar-refractivity contribution < 1.29 is 4.42 Å². The number of benzene rings is 5. The topological polar surface area (TPSA) is 64.7 Å². The average molecular weight is 553 g/mol. The van der Waals surface area contributed by atoms with E-state index < -0.39 is 0 Å². The van der Waals surface area contributed by atoms with Crippen molar-refractivity contribution in [3.63, 3.8) is 0 Å². The van der Waals surface area contributed by atoms with Crippen molar-refractivity contribution in [2.45, 2.75) is 0 Å². The largest absolute Gasteiger partial charge is 0.455 e. The number of aromatic nitrogens is 4. The lowest BCUT2D eigenvalue weighted by Gasteiger charge is -2.11. The van der Waals surface area contributed by atoms with E-state index in [1.54, 1.807) is 6.20 Å². The van der Waals surface area contributed by atoms with Gasteiger partial charge in [0.1, 0.15) is 11.2 Å². The number of nitrogens with zero attached hydrogens (tertiary/aromatic N) is 4. The van der Waals surface area contributed by atoms with Crippen LogP contribution >= 0.6 is 0 Å². The summed E-state index contributed by atoms with van der Waals surface area (Å²) in [4.78, 5) is 19.3. The Morgan fingerprint density at radius 1 is 0.419 bits per heavy atom. The van der Waals surface area contributed by atoms with Gasteiger partial charge in [0.05, 0.1) is 5.56 Å². The van der Waals surface area contributed by atoms with Gasteiger partial charge in [-0.2, -0.15) is 0 Å². The van der Waals surface area contributed by atoms with Gasteiger partial charge in [0.15, 0.2) is 17.5 Å². The Kier molecular flexibility index (Phi) is 6.05. The van der Waals surface area contributed by atoms with Crippen LogP contribution in [0.2, 0.25) is 0 Å². The van der Waals surface area contributed by atoms with Crippen molar-refractivity contribution in [1.29, 1.82) is 0 Å². The third-order valence-electron chi connectivity index (χ3n) is 7.61. The van der Waals surface area contributed by atoms with E-state index in [1.165, 1.54) is 0 Å². The van der Waals surface area contributed by atoms with Crippen LogP contribution < -0.4 is 0 Å². The number of hydrogen-bond donors (Lipinski definition) is 0. The Morgan fingerprint density at radius 3 is 1.72 bits per heavy atom. The normalized spacial score (nSPS) is 11.3. The Hall–Kier alpha value is -5.94. The van der Waals surface area contributed by atoms with Crippen molar-refractivity contribution in [3.8, 4) is 56.4 Å². The molecule has 0 spiro atoms. The maximum absolute atomic E-state index is 6.50. The first-order valence-electron chi connectivity index (χ1n) is 14.1. The Labute approximate surface area is 248 Å². The molecule has 0 aliphatic heterocycles. The molecule has 3 heterocycles. The molecule has 5 heteroatoms. The monoisotopic (exact) mass is 552 g/mol. The maximum Gasteiger partial charge on any atom is 0.167 e. The van der Waals surface area contributed by atoms with Gasteiger partial charge in [-0.05, 0) is 47.0 Å². The van der Waals surface area contributed by atoms with Crippen LogP contribution in [0.3, 0.4) is 0 Å². The Morgan fingerprint density at radius 2 is 1.02 bits per heavy atom. The highest BCUT2D eigenvalue weighted by atomic mass is 16.3. The molecule has 0 aliphatic carbocycles. The number of rotatable bonds is 5.